The van der Waals surface area contributed by atoms with Gasteiger partial charge in [-0.1, -0.05) is 18.6 Å². The zero-order valence-electron chi connectivity index (χ0n) is 11.5. The molecule has 0 heterocycles. The van der Waals surface area contributed by atoms with Gasteiger partial charge < -0.3 is 16.8 Å². The van der Waals surface area contributed by atoms with Gasteiger partial charge in [-0.15, -0.1) is 0 Å². The lowest BCUT2D eigenvalue weighted by molar-refractivity contribution is -0.121. The van der Waals surface area contributed by atoms with E-state index in [2.05, 4.69) is 5.32 Å². The third-order valence-electron chi connectivity index (χ3n) is 3.69. The summed E-state index contributed by atoms with van der Waals surface area (Å²) in [4.78, 5) is 22.9. The third-order valence-corrected chi connectivity index (χ3v) is 3.69. The molecule has 1 saturated carbocycles. The van der Waals surface area contributed by atoms with Gasteiger partial charge in [0.1, 0.15) is 0 Å². The van der Waals surface area contributed by atoms with Gasteiger partial charge >= 0.3 is 0 Å². The standard InChI is InChI=1S/C15H21N3O2/c16-12-3-1-2-11(9-12)15(20)18-13-6-4-10(5-7-13)8-14(17)19/h4-7,11-12H,1-3,8-9,16H2,(H2,17,19)(H,18,20). The van der Waals surface area contributed by atoms with Gasteiger partial charge in [0.25, 0.3) is 0 Å². The zero-order chi connectivity index (χ0) is 14.5. The summed E-state index contributed by atoms with van der Waals surface area (Å²) in [5.41, 5.74) is 12.6. The molecule has 5 N–H and O–H groups in total. The summed E-state index contributed by atoms with van der Waals surface area (Å²) in [7, 11) is 0. The summed E-state index contributed by atoms with van der Waals surface area (Å²) in [6, 6.07) is 7.31. The molecule has 0 radical (unpaired) electrons. The predicted octanol–water partition coefficient (Wildman–Crippen LogP) is 1.17. The first-order valence-corrected chi connectivity index (χ1v) is 6.98. The molecule has 0 aliphatic heterocycles. The molecular formula is C15H21N3O2. The van der Waals surface area contributed by atoms with Crippen LogP contribution < -0.4 is 16.8 Å². The molecule has 1 aliphatic carbocycles. The summed E-state index contributed by atoms with van der Waals surface area (Å²) in [6.07, 6.45) is 3.89. The van der Waals surface area contributed by atoms with E-state index < -0.39 is 0 Å². The second kappa shape index (κ2) is 6.52. The Morgan fingerprint density at radius 3 is 2.50 bits per heavy atom. The van der Waals surface area contributed by atoms with Crippen molar-refractivity contribution in [3.63, 3.8) is 0 Å². The van der Waals surface area contributed by atoms with Crippen molar-refractivity contribution in [2.75, 3.05) is 5.32 Å². The second-order valence-electron chi connectivity index (χ2n) is 5.45. The first-order chi connectivity index (χ1) is 9.54. The highest BCUT2D eigenvalue weighted by molar-refractivity contribution is 5.92. The minimum Gasteiger partial charge on any atom is -0.369 e. The van der Waals surface area contributed by atoms with Crippen molar-refractivity contribution in [1.29, 1.82) is 0 Å². The van der Waals surface area contributed by atoms with E-state index in [1.165, 1.54) is 0 Å². The summed E-state index contributed by atoms with van der Waals surface area (Å²) in [6.45, 7) is 0. The molecule has 5 heteroatoms. The lowest BCUT2D eigenvalue weighted by Crippen LogP contribution is -2.34. The van der Waals surface area contributed by atoms with Crippen LogP contribution in [0.4, 0.5) is 5.69 Å². The number of hydrogen-bond donors (Lipinski definition) is 3. The van der Waals surface area contributed by atoms with Crippen molar-refractivity contribution in [3.8, 4) is 0 Å². The summed E-state index contributed by atoms with van der Waals surface area (Å²) in [5, 5.41) is 2.90. The number of anilines is 1. The van der Waals surface area contributed by atoms with Crippen LogP contribution in [0.3, 0.4) is 0 Å². The number of benzene rings is 1. The number of nitrogens with two attached hydrogens (primary N) is 2. The Balaban J connectivity index is 1.92. The van der Waals surface area contributed by atoms with Gasteiger partial charge in [-0.05, 0) is 37.0 Å². The molecule has 2 amide bonds. The van der Waals surface area contributed by atoms with E-state index in [1.807, 2.05) is 0 Å². The van der Waals surface area contributed by atoms with Gasteiger partial charge in [-0.3, -0.25) is 9.59 Å². The lowest BCUT2D eigenvalue weighted by Gasteiger charge is -2.25. The number of primary amides is 1. The molecule has 0 bridgehead atoms. The van der Waals surface area contributed by atoms with Gasteiger partial charge in [0.2, 0.25) is 11.8 Å². The number of rotatable bonds is 4. The minimum absolute atomic E-state index is 0.00375. The van der Waals surface area contributed by atoms with Crippen LogP contribution >= 0.6 is 0 Å². The zero-order valence-corrected chi connectivity index (χ0v) is 11.5. The Bertz CT molecular complexity index is 484. The van der Waals surface area contributed by atoms with E-state index in [-0.39, 0.29) is 30.2 Å². The number of carbonyl (C=O) groups excluding carboxylic acids is 2. The van der Waals surface area contributed by atoms with E-state index in [9.17, 15) is 9.59 Å². The predicted molar refractivity (Wildman–Crippen MR) is 77.9 cm³/mol. The highest BCUT2D eigenvalue weighted by atomic mass is 16.2. The Kier molecular flexibility index (Phi) is 4.74. The Morgan fingerprint density at radius 2 is 1.90 bits per heavy atom. The molecule has 0 aromatic heterocycles. The van der Waals surface area contributed by atoms with Crippen LogP contribution in [0.15, 0.2) is 24.3 Å². The second-order valence-corrected chi connectivity index (χ2v) is 5.45. The highest BCUT2D eigenvalue weighted by Gasteiger charge is 2.25. The van der Waals surface area contributed by atoms with E-state index in [0.29, 0.717) is 0 Å². The number of hydrogen-bond acceptors (Lipinski definition) is 3. The molecular weight excluding hydrogens is 254 g/mol. The normalized spacial score (nSPS) is 22.2. The van der Waals surface area contributed by atoms with E-state index in [4.69, 9.17) is 11.5 Å². The molecule has 0 spiro atoms. The van der Waals surface area contributed by atoms with Gasteiger partial charge in [0.05, 0.1) is 6.42 Å². The molecule has 20 heavy (non-hydrogen) atoms. The van der Waals surface area contributed by atoms with Crippen molar-refractivity contribution >= 4 is 17.5 Å². The molecule has 5 nitrogen and oxygen atoms in total. The maximum atomic E-state index is 12.1. The third kappa shape index (κ3) is 4.06. The molecule has 2 rings (SSSR count). The Labute approximate surface area is 118 Å². The Morgan fingerprint density at radius 1 is 1.20 bits per heavy atom. The SMILES string of the molecule is NC(=O)Cc1ccc(NC(=O)C2CCCC(N)C2)cc1. The highest BCUT2D eigenvalue weighted by Crippen LogP contribution is 2.24. The summed E-state index contributed by atoms with van der Waals surface area (Å²) in [5.74, 6) is -0.329. The topological polar surface area (TPSA) is 98.2 Å². The quantitative estimate of drug-likeness (QED) is 0.769. The molecule has 108 valence electrons. The fourth-order valence-electron chi connectivity index (χ4n) is 2.62. The van der Waals surface area contributed by atoms with Crippen molar-refractivity contribution in [3.05, 3.63) is 29.8 Å². The van der Waals surface area contributed by atoms with Gasteiger partial charge in [0, 0.05) is 17.6 Å². The molecule has 1 fully saturated rings. The monoisotopic (exact) mass is 275 g/mol. The summed E-state index contributed by atoms with van der Waals surface area (Å²) < 4.78 is 0. The minimum atomic E-state index is -0.363. The van der Waals surface area contributed by atoms with Crippen molar-refractivity contribution in [2.24, 2.45) is 17.4 Å². The first-order valence-electron chi connectivity index (χ1n) is 6.98. The lowest BCUT2D eigenvalue weighted by atomic mass is 9.85. The van der Waals surface area contributed by atoms with Crippen LogP contribution in [0, 0.1) is 5.92 Å². The molecule has 0 saturated heterocycles. The first kappa shape index (κ1) is 14.5. The van der Waals surface area contributed by atoms with Crippen molar-refractivity contribution in [1.82, 2.24) is 0 Å². The number of amides is 2. The van der Waals surface area contributed by atoms with Gasteiger partial charge in [-0.2, -0.15) is 0 Å². The average Bonchev–Trinajstić information content (AvgIpc) is 2.40. The van der Waals surface area contributed by atoms with Crippen LogP contribution in [0.1, 0.15) is 31.2 Å². The van der Waals surface area contributed by atoms with Crippen LogP contribution in [-0.2, 0) is 16.0 Å². The fraction of sp³-hybridized carbons (Fsp3) is 0.467. The molecule has 1 aliphatic rings. The van der Waals surface area contributed by atoms with Crippen LogP contribution in [0.2, 0.25) is 0 Å². The van der Waals surface area contributed by atoms with Gasteiger partial charge in [0.15, 0.2) is 0 Å². The van der Waals surface area contributed by atoms with Crippen LogP contribution in [-0.4, -0.2) is 17.9 Å². The smallest absolute Gasteiger partial charge is 0.227 e. The fourth-order valence-corrected chi connectivity index (χ4v) is 2.62. The van der Waals surface area contributed by atoms with Crippen LogP contribution in [0.5, 0.6) is 0 Å². The van der Waals surface area contributed by atoms with Crippen molar-refractivity contribution in [2.45, 2.75) is 38.1 Å². The maximum Gasteiger partial charge on any atom is 0.227 e. The number of nitrogens with one attached hydrogen (secondary N) is 1. The van der Waals surface area contributed by atoms with E-state index >= 15 is 0 Å². The van der Waals surface area contributed by atoms with Crippen LogP contribution in [0.25, 0.3) is 0 Å². The molecule has 1 aromatic carbocycles. The largest absolute Gasteiger partial charge is 0.369 e. The van der Waals surface area contributed by atoms with Crippen molar-refractivity contribution < 1.29 is 9.59 Å². The molecule has 1 aromatic rings. The Hall–Kier alpha value is -1.88. The van der Waals surface area contributed by atoms with Gasteiger partial charge in [-0.25, -0.2) is 0 Å². The molecule has 2 unspecified atom stereocenters. The average molecular weight is 275 g/mol. The summed E-state index contributed by atoms with van der Waals surface area (Å²) >= 11 is 0. The molecule has 2 atom stereocenters. The maximum absolute atomic E-state index is 12.1. The van der Waals surface area contributed by atoms with E-state index in [1.54, 1.807) is 24.3 Å². The van der Waals surface area contributed by atoms with E-state index in [0.717, 1.165) is 36.9 Å². The number of carbonyl (C=O) groups is 2.